The first kappa shape index (κ1) is 9.69. The molecule has 6 heteroatoms. The summed E-state index contributed by atoms with van der Waals surface area (Å²) in [4.78, 5) is 10.3. The van der Waals surface area contributed by atoms with Crippen molar-refractivity contribution in [3.8, 4) is 0 Å². The molecule has 1 amide bonds. The van der Waals surface area contributed by atoms with Gasteiger partial charge in [-0.2, -0.15) is 0 Å². The second-order valence-electron chi connectivity index (χ2n) is 2.37. The minimum atomic E-state index is -3.92. The molecule has 0 atom stereocenters. The quantitative estimate of drug-likeness (QED) is 0.710. The lowest BCUT2D eigenvalue weighted by Gasteiger charge is -2.01. The number of carbonyl (C=O) groups excluding carboxylic acids is 1. The molecule has 0 aromatic heterocycles. The van der Waals surface area contributed by atoms with Crippen LogP contribution >= 0.6 is 0 Å². The minimum Gasteiger partial charge on any atom is -0.267 e. The summed E-state index contributed by atoms with van der Waals surface area (Å²) in [6.45, 7) is 0. The van der Waals surface area contributed by atoms with Crippen molar-refractivity contribution in [1.82, 2.24) is 5.73 Å². The van der Waals surface area contributed by atoms with Gasteiger partial charge in [0.1, 0.15) is 0 Å². The lowest BCUT2D eigenvalue weighted by molar-refractivity contribution is 0.0989. The van der Waals surface area contributed by atoms with Crippen LogP contribution in [-0.4, -0.2) is 14.3 Å². The zero-order chi connectivity index (χ0) is 10.1. The molecule has 0 heterocycles. The number of amides is 1. The smallest absolute Gasteiger partial charge is 0.267 e. The number of sulfonamides is 1. The second-order valence-corrected chi connectivity index (χ2v) is 3.90. The highest BCUT2D eigenvalue weighted by Gasteiger charge is 2.16. The van der Waals surface area contributed by atoms with Crippen LogP contribution in [0, 0.1) is 0 Å². The Balaban J connectivity index is 3.46. The minimum absolute atomic E-state index is 0.204. The highest BCUT2D eigenvalue weighted by Crippen LogP contribution is 2.12. The Kier molecular flexibility index (Phi) is 2.35. The third-order valence-corrected chi connectivity index (χ3v) is 2.41. The molecular weight excluding hydrogens is 192 g/mol. The third-order valence-electron chi connectivity index (χ3n) is 1.44. The fraction of sp³-hybridized carbons (Fsp3) is 0. The van der Waals surface area contributed by atoms with Crippen molar-refractivity contribution in [3.05, 3.63) is 29.8 Å². The molecule has 13 heavy (non-hydrogen) atoms. The van der Waals surface area contributed by atoms with Crippen LogP contribution in [-0.2, 0) is 10.0 Å². The van der Waals surface area contributed by atoms with Gasteiger partial charge >= 0.3 is 0 Å². The molecule has 0 bridgehead atoms. The van der Waals surface area contributed by atoms with Crippen molar-refractivity contribution in [1.29, 1.82) is 0 Å². The molecule has 0 saturated heterocycles. The van der Waals surface area contributed by atoms with Crippen molar-refractivity contribution >= 4 is 15.9 Å². The van der Waals surface area contributed by atoms with Crippen LogP contribution in [0.5, 0.6) is 0 Å². The van der Waals surface area contributed by atoms with E-state index in [2.05, 4.69) is 0 Å². The summed E-state index contributed by atoms with van der Waals surface area (Å²) in [7, 11) is -3.92. The molecule has 1 rings (SSSR count). The number of hydrogen-bond donors (Lipinski definition) is 1. The molecule has 0 saturated carbocycles. The van der Waals surface area contributed by atoms with Crippen LogP contribution in [0.1, 0.15) is 10.4 Å². The molecule has 0 unspecified atom stereocenters. The second kappa shape index (κ2) is 3.15. The van der Waals surface area contributed by atoms with E-state index in [0.717, 1.165) is 0 Å². The summed E-state index contributed by atoms with van der Waals surface area (Å²) >= 11 is 0. The van der Waals surface area contributed by atoms with Crippen LogP contribution < -0.4 is 10.9 Å². The third kappa shape index (κ3) is 2.04. The molecule has 0 aliphatic carbocycles. The Morgan fingerprint density at radius 3 is 2.23 bits per heavy atom. The predicted molar refractivity (Wildman–Crippen MR) is 45.2 cm³/mol. The zero-order valence-corrected chi connectivity index (χ0v) is 7.34. The molecular formula is C7H7N2O3S. The molecule has 0 aliphatic rings. The molecule has 3 N–H and O–H groups in total. The highest BCUT2D eigenvalue weighted by atomic mass is 32.2. The summed E-state index contributed by atoms with van der Waals surface area (Å²) in [5.41, 5.74) is 6.58. The van der Waals surface area contributed by atoms with E-state index in [9.17, 15) is 13.2 Å². The van der Waals surface area contributed by atoms with Crippen LogP contribution in [0.25, 0.3) is 0 Å². The van der Waals surface area contributed by atoms with Gasteiger partial charge in [-0.15, -0.1) is 0 Å². The van der Waals surface area contributed by atoms with Crippen molar-refractivity contribution in [2.24, 2.45) is 5.14 Å². The van der Waals surface area contributed by atoms with Gasteiger partial charge in [-0.05, 0) is 12.1 Å². The van der Waals surface area contributed by atoms with Gasteiger partial charge in [0.2, 0.25) is 10.0 Å². The predicted octanol–water partition coefficient (Wildman–Crippen LogP) is -0.243. The Morgan fingerprint density at radius 1 is 1.31 bits per heavy atom. The summed E-state index contributed by atoms with van der Waals surface area (Å²) < 4.78 is 21.8. The van der Waals surface area contributed by atoms with Crippen LogP contribution in [0.4, 0.5) is 0 Å². The molecule has 0 spiro atoms. The number of benzene rings is 1. The lowest BCUT2D eigenvalue weighted by atomic mass is 10.2. The highest BCUT2D eigenvalue weighted by molar-refractivity contribution is 7.89. The van der Waals surface area contributed by atoms with Gasteiger partial charge in [0, 0.05) is 0 Å². The molecule has 5 nitrogen and oxygen atoms in total. The van der Waals surface area contributed by atoms with Gasteiger partial charge in [0.15, 0.2) is 0 Å². The van der Waals surface area contributed by atoms with Gasteiger partial charge in [0.05, 0.1) is 10.5 Å². The number of carbonyl (C=O) groups is 1. The molecule has 1 aromatic carbocycles. The van der Waals surface area contributed by atoms with E-state index in [0.29, 0.717) is 0 Å². The average molecular weight is 199 g/mol. The maximum Gasteiger partial charge on any atom is 0.271 e. The van der Waals surface area contributed by atoms with Gasteiger partial charge in [-0.25, -0.2) is 13.6 Å². The van der Waals surface area contributed by atoms with E-state index in [1.165, 1.54) is 24.3 Å². The zero-order valence-electron chi connectivity index (χ0n) is 6.52. The average Bonchev–Trinajstić information content (AvgIpc) is 2.03. The van der Waals surface area contributed by atoms with Crippen LogP contribution in [0.15, 0.2) is 29.2 Å². The van der Waals surface area contributed by atoms with Crippen molar-refractivity contribution in [2.75, 3.05) is 0 Å². The number of nitrogens with one attached hydrogen (secondary N) is 1. The van der Waals surface area contributed by atoms with E-state index < -0.39 is 15.9 Å². The summed E-state index contributed by atoms with van der Waals surface area (Å²) in [6.07, 6.45) is 0. The summed E-state index contributed by atoms with van der Waals surface area (Å²) in [6, 6.07) is 5.34. The van der Waals surface area contributed by atoms with Crippen molar-refractivity contribution < 1.29 is 13.2 Å². The monoisotopic (exact) mass is 199 g/mol. The first-order valence-corrected chi connectivity index (χ1v) is 4.85. The Labute approximate surface area is 75.4 Å². The van der Waals surface area contributed by atoms with Gasteiger partial charge in [0.25, 0.3) is 5.91 Å². The van der Waals surface area contributed by atoms with E-state index in [1.54, 1.807) is 0 Å². The molecule has 1 radical (unpaired) electrons. The van der Waals surface area contributed by atoms with E-state index in [4.69, 9.17) is 10.9 Å². The topological polar surface area (TPSA) is 101 Å². The number of nitrogens with two attached hydrogens (primary N) is 1. The maximum atomic E-state index is 10.9. The normalized spacial score (nSPS) is 11.2. The van der Waals surface area contributed by atoms with Gasteiger partial charge < -0.3 is 0 Å². The molecule has 0 fully saturated rings. The van der Waals surface area contributed by atoms with Crippen molar-refractivity contribution in [2.45, 2.75) is 4.90 Å². The van der Waals surface area contributed by atoms with E-state index in [-0.39, 0.29) is 10.5 Å². The van der Waals surface area contributed by atoms with Gasteiger partial charge in [-0.3, -0.25) is 10.5 Å². The lowest BCUT2D eigenvalue weighted by Crippen LogP contribution is -2.16. The standard InChI is InChI=1S/C7H7N2O3S/c8-7(10)5-3-1-2-4-6(5)13(9,11)12/h1-4,8H,(H2,9,11,12). The van der Waals surface area contributed by atoms with Crippen LogP contribution in [0.3, 0.4) is 0 Å². The number of rotatable bonds is 2. The van der Waals surface area contributed by atoms with Gasteiger partial charge in [-0.1, -0.05) is 12.1 Å². The molecule has 0 aliphatic heterocycles. The Hall–Kier alpha value is -1.40. The first-order valence-electron chi connectivity index (χ1n) is 3.30. The number of hydrogen-bond acceptors (Lipinski definition) is 3. The SMILES string of the molecule is [NH]C(=O)c1ccccc1S(N)(=O)=O. The van der Waals surface area contributed by atoms with Crippen molar-refractivity contribution in [3.63, 3.8) is 0 Å². The Morgan fingerprint density at radius 2 is 1.85 bits per heavy atom. The first-order chi connectivity index (χ1) is 5.93. The fourth-order valence-electron chi connectivity index (χ4n) is 0.902. The summed E-state index contributed by atoms with van der Waals surface area (Å²) in [5, 5.41) is 4.83. The largest absolute Gasteiger partial charge is 0.271 e. The number of primary sulfonamides is 1. The molecule has 1 aromatic rings. The Bertz CT molecular complexity index is 439. The fourth-order valence-corrected chi connectivity index (χ4v) is 1.64. The van der Waals surface area contributed by atoms with Crippen LogP contribution in [0.2, 0.25) is 0 Å². The van der Waals surface area contributed by atoms with E-state index >= 15 is 0 Å². The summed E-state index contributed by atoms with van der Waals surface area (Å²) in [5.74, 6) is -1.07. The molecule has 69 valence electrons. The maximum absolute atomic E-state index is 10.9. The van der Waals surface area contributed by atoms with E-state index in [1.807, 2.05) is 0 Å².